The van der Waals surface area contributed by atoms with Gasteiger partial charge in [0.1, 0.15) is 5.78 Å². The molecule has 1 aromatic carbocycles. The summed E-state index contributed by atoms with van der Waals surface area (Å²) in [5, 5.41) is 11.0. The molecule has 10 atom stereocenters. The molecule has 4 saturated carbocycles. The third-order valence-corrected chi connectivity index (χ3v) is 15.0. The quantitative estimate of drug-likeness (QED) is 0.384. The van der Waals surface area contributed by atoms with Gasteiger partial charge in [-0.15, -0.1) is 0 Å². The smallest absolute Gasteiger partial charge is 0.139 e. The number of hydrogen-bond donors (Lipinski definition) is 1. The second kappa shape index (κ2) is 9.55. The summed E-state index contributed by atoms with van der Waals surface area (Å²) in [5.41, 5.74) is 3.46. The lowest BCUT2D eigenvalue weighted by Gasteiger charge is -2.71. The van der Waals surface area contributed by atoms with Gasteiger partial charge in [0.25, 0.3) is 0 Å². The van der Waals surface area contributed by atoms with Crippen LogP contribution in [0.3, 0.4) is 0 Å². The van der Waals surface area contributed by atoms with E-state index in [1.165, 1.54) is 24.8 Å². The Balaban J connectivity index is 1.37. The number of benzene rings is 1. The first-order chi connectivity index (χ1) is 18.8. The van der Waals surface area contributed by atoms with Gasteiger partial charge >= 0.3 is 0 Å². The van der Waals surface area contributed by atoms with Crippen molar-refractivity contribution in [1.82, 2.24) is 0 Å². The Bertz CT molecular complexity index is 1170. The molecule has 0 heterocycles. The number of rotatable bonds is 4. The average Bonchev–Trinajstić information content (AvgIpc) is 2.92. The number of Topliss-reactive ketones (excluding diaryl/α,β-unsaturated/α-hetero) is 1. The monoisotopic (exact) mass is 544 g/mol. The molecule has 0 bridgehead atoms. The van der Waals surface area contributed by atoms with E-state index >= 15 is 0 Å². The second-order valence-corrected chi connectivity index (χ2v) is 16.6. The Morgan fingerprint density at radius 1 is 0.875 bits per heavy atom. The molecule has 1 N–H and O–H groups in total. The number of fused-ring (bicyclic) bond motifs is 7. The van der Waals surface area contributed by atoms with Gasteiger partial charge in [0.15, 0.2) is 0 Å². The highest BCUT2D eigenvalue weighted by molar-refractivity contribution is 5.86. The summed E-state index contributed by atoms with van der Waals surface area (Å²) < 4.78 is 0. The van der Waals surface area contributed by atoms with Gasteiger partial charge in [-0.25, -0.2) is 0 Å². The molecule has 1 aromatic rings. The minimum atomic E-state index is -0.179. The summed E-state index contributed by atoms with van der Waals surface area (Å²) in [6, 6.07) is 10.6. The van der Waals surface area contributed by atoms with E-state index in [4.69, 9.17) is 0 Å². The first kappa shape index (κ1) is 28.7. The summed E-state index contributed by atoms with van der Waals surface area (Å²) >= 11 is 0. The summed E-state index contributed by atoms with van der Waals surface area (Å²) in [4.78, 5) is 14.4. The van der Waals surface area contributed by atoms with Crippen LogP contribution in [0.5, 0.6) is 0 Å². The van der Waals surface area contributed by atoms with Crippen LogP contribution in [0, 0.1) is 56.7 Å². The van der Waals surface area contributed by atoms with Crippen LogP contribution in [0.1, 0.15) is 118 Å². The van der Waals surface area contributed by atoms with Crippen molar-refractivity contribution in [3.05, 3.63) is 47.5 Å². The highest BCUT2D eigenvalue weighted by Crippen LogP contribution is 2.75. The van der Waals surface area contributed by atoms with Crippen molar-refractivity contribution in [2.24, 2.45) is 56.7 Å². The fourth-order valence-electron chi connectivity index (χ4n) is 12.1. The number of carbonyl (C=O) groups excluding carboxylic acids is 1. The molecule has 2 nitrogen and oxygen atoms in total. The summed E-state index contributed by atoms with van der Waals surface area (Å²) in [7, 11) is 0. The molecule has 0 unspecified atom stereocenters. The van der Waals surface area contributed by atoms with Crippen LogP contribution in [-0.2, 0) is 11.2 Å². The number of allylic oxidation sites excluding steroid dienone is 2. The van der Waals surface area contributed by atoms with Gasteiger partial charge in [-0.2, -0.15) is 0 Å². The number of aliphatic hydroxyl groups is 1. The van der Waals surface area contributed by atoms with Crippen molar-refractivity contribution in [3.63, 3.8) is 0 Å². The lowest BCUT2D eigenvalue weighted by Crippen LogP contribution is -2.65. The van der Waals surface area contributed by atoms with Crippen LogP contribution in [-0.4, -0.2) is 17.0 Å². The molecule has 220 valence electrons. The van der Waals surface area contributed by atoms with Crippen LogP contribution in [0.15, 0.2) is 42.0 Å². The van der Waals surface area contributed by atoms with Crippen LogP contribution in [0.4, 0.5) is 0 Å². The Morgan fingerprint density at radius 2 is 1.60 bits per heavy atom. The number of aliphatic hydroxyl groups excluding tert-OH is 1. The molecule has 0 spiro atoms. The molecular weight excluding hydrogens is 488 g/mol. The average molecular weight is 545 g/mol. The minimum absolute atomic E-state index is 0.0145. The molecule has 2 heteroatoms. The zero-order valence-corrected chi connectivity index (χ0v) is 26.6. The molecular formula is C38H56O2. The lowest BCUT2D eigenvalue weighted by atomic mass is 9.33. The molecule has 5 aliphatic carbocycles. The molecule has 0 amide bonds. The Morgan fingerprint density at radius 3 is 2.33 bits per heavy atom. The fraction of sp³-hybridized carbons (Fsp3) is 0.763. The Hall–Kier alpha value is -1.41. The van der Waals surface area contributed by atoms with E-state index in [-0.39, 0.29) is 33.2 Å². The number of carbonyl (C=O) groups is 1. The first-order valence-electron chi connectivity index (χ1n) is 16.8. The van der Waals surface area contributed by atoms with Gasteiger partial charge in [0.05, 0.1) is 6.10 Å². The van der Waals surface area contributed by atoms with Crippen molar-refractivity contribution in [1.29, 1.82) is 0 Å². The van der Waals surface area contributed by atoms with Crippen molar-refractivity contribution in [2.75, 3.05) is 0 Å². The van der Waals surface area contributed by atoms with Crippen LogP contribution >= 0.6 is 0 Å². The highest BCUT2D eigenvalue weighted by atomic mass is 16.3. The molecule has 0 saturated heterocycles. The van der Waals surface area contributed by atoms with E-state index in [9.17, 15) is 9.90 Å². The van der Waals surface area contributed by atoms with Crippen molar-refractivity contribution >= 4 is 5.78 Å². The van der Waals surface area contributed by atoms with E-state index in [1.807, 2.05) is 0 Å². The number of aryl methyl sites for hydroxylation is 1. The lowest BCUT2D eigenvalue weighted by molar-refractivity contribution is -0.204. The molecule has 0 aromatic heterocycles. The van der Waals surface area contributed by atoms with E-state index in [2.05, 4.69) is 84.9 Å². The van der Waals surface area contributed by atoms with Gasteiger partial charge in [-0.3, -0.25) is 4.79 Å². The molecule has 0 radical (unpaired) electrons. The standard InChI is InChI=1S/C38H56O2/c1-25-17-22-38(32(40)16-13-27-11-9-8-10-12-27)24-23-36(6)28(33(38)26(25)2)14-15-30-35(5)20-19-31(39)34(3,4)29(35)18-21-37(30,36)7/h8-12,14,25-26,29-31,33,39H,13,15-24H2,1-7H3/t25-,26+,29+,30-,31+,33+,35+,36-,37-,38-/m1/s1. The molecule has 0 aliphatic heterocycles. The van der Waals surface area contributed by atoms with Crippen LogP contribution < -0.4 is 0 Å². The predicted molar refractivity (Wildman–Crippen MR) is 165 cm³/mol. The molecule has 5 aliphatic rings. The minimum Gasteiger partial charge on any atom is -0.393 e. The van der Waals surface area contributed by atoms with E-state index in [0.717, 1.165) is 44.9 Å². The maximum Gasteiger partial charge on any atom is 0.139 e. The highest BCUT2D eigenvalue weighted by Gasteiger charge is 2.69. The maximum absolute atomic E-state index is 14.4. The number of hydrogen-bond acceptors (Lipinski definition) is 2. The zero-order valence-electron chi connectivity index (χ0n) is 26.6. The number of ketones is 1. The predicted octanol–water partition coefficient (Wildman–Crippen LogP) is 9.21. The third-order valence-electron chi connectivity index (χ3n) is 15.0. The van der Waals surface area contributed by atoms with Gasteiger partial charge in [0, 0.05) is 11.8 Å². The zero-order chi connectivity index (χ0) is 28.7. The van der Waals surface area contributed by atoms with Crippen LogP contribution in [0.2, 0.25) is 0 Å². The normalized spacial score (nSPS) is 47.6. The second-order valence-electron chi connectivity index (χ2n) is 16.6. The van der Waals surface area contributed by atoms with E-state index < -0.39 is 0 Å². The summed E-state index contributed by atoms with van der Waals surface area (Å²) in [6.07, 6.45) is 14.3. The van der Waals surface area contributed by atoms with Gasteiger partial charge < -0.3 is 5.11 Å². The fourth-order valence-corrected chi connectivity index (χ4v) is 12.1. The Labute approximate surface area is 244 Å². The van der Waals surface area contributed by atoms with Gasteiger partial charge in [0.2, 0.25) is 0 Å². The molecule has 4 fully saturated rings. The van der Waals surface area contributed by atoms with Crippen molar-refractivity contribution < 1.29 is 9.90 Å². The summed E-state index contributed by atoms with van der Waals surface area (Å²) in [6.45, 7) is 17.5. The van der Waals surface area contributed by atoms with Gasteiger partial charge in [-0.05, 0) is 121 Å². The van der Waals surface area contributed by atoms with Crippen molar-refractivity contribution in [2.45, 2.75) is 125 Å². The van der Waals surface area contributed by atoms with E-state index in [0.29, 0.717) is 41.8 Å². The van der Waals surface area contributed by atoms with E-state index in [1.54, 1.807) is 5.57 Å². The topological polar surface area (TPSA) is 37.3 Å². The molecule has 6 rings (SSSR count). The van der Waals surface area contributed by atoms with Gasteiger partial charge in [-0.1, -0.05) is 90.4 Å². The Kier molecular flexibility index (Phi) is 6.85. The van der Waals surface area contributed by atoms with Crippen LogP contribution in [0.25, 0.3) is 0 Å². The maximum atomic E-state index is 14.4. The van der Waals surface area contributed by atoms with Crippen molar-refractivity contribution in [3.8, 4) is 0 Å². The first-order valence-corrected chi connectivity index (χ1v) is 16.8. The largest absolute Gasteiger partial charge is 0.393 e. The third kappa shape index (κ3) is 3.79. The summed E-state index contributed by atoms with van der Waals surface area (Å²) in [5.74, 6) is 3.40. The SMILES string of the molecule is C[C@H]1[C@H](C)CC[C@]2(C(=O)CCc3ccccc3)CC[C@]3(C)C(=CC[C@@H]4[C@@]5(C)CC[C@H](O)C(C)(C)[C@@H]5CC[C@]43C)[C@H]12. The molecule has 40 heavy (non-hydrogen) atoms.